The summed E-state index contributed by atoms with van der Waals surface area (Å²) in [6, 6.07) is 10.8. The van der Waals surface area contributed by atoms with E-state index in [0.717, 1.165) is 38.6 Å². The van der Waals surface area contributed by atoms with Crippen molar-refractivity contribution < 1.29 is 4.79 Å². The third-order valence-electron chi connectivity index (χ3n) is 4.34. The molecule has 1 aliphatic carbocycles. The van der Waals surface area contributed by atoms with Crippen molar-refractivity contribution in [2.45, 2.75) is 38.1 Å². The molecule has 0 saturated carbocycles. The Morgan fingerprint density at radius 1 is 1.11 bits per heavy atom. The van der Waals surface area contributed by atoms with Gasteiger partial charge in [0, 0.05) is 12.5 Å². The van der Waals surface area contributed by atoms with Crippen LogP contribution in [-0.4, -0.2) is 17.4 Å². The normalized spacial score (nSPS) is 26.6. The van der Waals surface area contributed by atoms with Crippen LogP contribution in [0.2, 0.25) is 0 Å². The molecule has 1 heterocycles. The van der Waals surface area contributed by atoms with Crippen LogP contribution in [0, 0.1) is 5.92 Å². The van der Waals surface area contributed by atoms with Crippen molar-refractivity contribution >= 4 is 5.91 Å². The Hall–Kier alpha value is -1.57. The van der Waals surface area contributed by atoms with Gasteiger partial charge < -0.3 is 4.90 Å². The van der Waals surface area contributed by atoms with Crippen molar-refractivity contribution in [3.05, 3.63) is 48.0 Å². The fourth-order valence-corrected chi connectivity index (χ4v) is 3.30. The van der Waals surface area contributed by atoms with Gasteiger partial charge in [-0.15, -0.1) is 0 Å². The quantitative estimate of drug-likeness (QED) is 0.738. The molecule has 19 heavy (non-hydrogen) atoms. The van der Waals surface area contributed by atoms with Crippen molar-refractivity contribution in [1.29, 1.82) is 0 Å². The minimum Gasteiger partial charge on any atom is -0.335 e. The summed E-state index contributed by atoms with van der Waals surface area (Å²) in [5, 5.41) is 0. The molecule has 2 heteroatoms. The van der Waals surface area contributed by atoms with E-state index in [4.69, 9.17) is 0 Å². The molecule has 1 aromatic carbocycles. The van der Waals surface area contributed by atoms with Crippen LogP contribution in [0.25, 0.3) is 0 Å². The summed E-state index contributed by atoms with van der Waals surface area (Å²) in [5.41, 5.74) is 1.29. The zero-order chi connectivity index (χ0) is 13.1. The minimum absolute atomic E-state index is 0.217. The second-order valence-corrected chi connectivity index (χ2v) is 5.58. The van der Waals surface area contributed by atoms with Crippen LogP contribution < -0.4 is 0 Å². The predicted octanol–water partition coefficient (Wildman–Crippen LogP) is 3.71. The van der Waals surface area contributed by atoms with Gasteiger partial charge in [-0.1, -0.05) is 42.5 Å². The van der Waals surface area contributed by atoms with Gasteiger partial charge in [0.1, 0.15) is 0 Å². The molecule has 0 N–H and O–H groups in total. The molecule has 2 atom stereocenters. The van der Waals surface area contributed by atoms with E-state index in [0.29, 0.717) is 11.9 Å². The smallest absolute Gasteiger partial charge is 0.226 e. The van der Waals surface area contributed by atoms with Crippen LogP contribution >= 0.6 is 0 Å². The molecule has 100 valence electrons. The molecule has 1 fully saturated rings. The molecule has 2 aliphatic rings. The van der Waals surface area contributed by atoms with E-state index in [9.17, 15) is 4.79 Å². The van der Waals surface area contributed by atoms with Gasteiger partial charge in [0.25, 0.3) is 0 Å². The number of carbonyl (C=O) groups is 1. The molecule has 0 aromatic heterocycles. The molecule has 0 spiro atoms. The predicted molar refractivity (Wildman–Crippen MR) is 76.6 cm³/mol. The lowest BCUT2D eigenvalue weighted by molar-refractivity contribution is -0.136. The van der Waals surface area contributed by atoms with Crippen LogP contribution in [0.3, 0.4) is 0 Å². The number of hydrogen-bond donors (Lipinski definition) is 0. The second kappa shape index (κ2) is 5.60. The Morgan fingerprint density at radius 3 is 2.68 bits per heavy atom. The number of likely N-dealkylation sites (tertiary alicyclic amines) is 1. The maximum Gasteiger partial charge on any atom is 0.226 e. The lowest BCUT2D eigenvalue weighted by Gasteiger charge is -2.29. The van der Waals surface area contributed by atoms with E-state index in [1.165, 1.54) is 5.56 Å². The van der Waals surface area contributed by atoms with Gasteiger partial charge in [-0.25, -0.2) is 0 Å². The summed E-state index contributed by atoms with van der Waals surface area (Å²) in [6.07, 6.45) is 9.61. The fraction of sp³-hybridized carbons (Fsp3) is 0.471. The number of nitrogens with zero attached hydrogens (tertiary/aromatic N) is 1. The third-order valence-corrected chi connectivity index (χ3v) is 4.34. The van der Waals surface area contributed by atoms with Crippen molar-refractivity contribution in [2.75, 3.05) is 6.54 Å². The molecule has 0 bridgehead atoms. The molecule has 1 amide bonds. The highest BCUT2D eigenvalue weighted by atomic mass is 16.2. The van der Waals surface area contributed by atoms with Gasteiger partial charge in [0.15, 0.2) is 0 Å². The van der Waals surface area contributed by atoms with Gasteiger partial charge in [-0.2, -0.15) is 0 Å². The molecule has 2 nitrogen and oxygen atoms in total. The van der Waals surface area contributed by atoms with Crippen LogP contribution in [0.5, 0.6) is 0 Å². The molecular weight excluding hydrogens is 234 g/mol. The van der Waals surface area contributed by atoms with E-state index in [-0.39, 0.29) is 5.92 Å². The number of rotatable bonds is 2. The van der Waals surface area contributed by atoms with Crippen LogP contribution in [0.15, 0.2) is 42.5 Å². The van der Waals surface area contributed by atoms with Crippen molar-refractivity contribution in [1.82, 2.24) is 4.90 Å². The molecular formula is C17H21NO. The average Bonchev–Trinajstić information content (AvgIpc) is 2.98. The summed E-state index contributed by atoms with van der Waals surface area (Å²) in [5.74, 6) is 0.588. The van der Waals surface area contributed by atoms with Gasteiger partial charge in [0.2, 0.25) is 5.91 Å². The third kappa shape index (κ3) is 2.58. The van der Waals surface area contributed by atoms with Crippen LogP contribution in [0.1, 0.15) is 43.7 Å². The summed E-state index contributed by atoms with van der Waals surface area (Å²) in [4.78, 5) is 14.8. The molecule has 1 aromatic rings. The second-order valence-electron chi connectivity index (χ2n) is 5.58. The Kier molecular flexibility index (Phi) is 3.67. The molecule has 1 saturated heterocycles. The average molecular weight is 255 g/mol. The van der Waals surface area contributed by atoms with E-state index < -0.39 is 0 Å². The standard InChI is InChI=1S/C17H21NO/c19-17(15-10-5-2-6-11-15)18-13-7-12-16(18)14-8-3-1-4-9-14/h1-5,8-9,15-16H,6-7,10-13H2. The molecule has 1 aliphatic heterocycles. The van der Waals surface area contributed by atoms with E-state index in [1.54, 1.807) is 0 Å². The maximum atomic E-state index is 12.7. The van der Waals surface area contributed by atoms with Crippen molar-refractivity contribution in [3.63, 3.8) is 0 Å². The Balaban J connectivity index is 1.76. The van der Waals surface area contributed by atoms with Crippen LogP contribution in [-0.2, 0) is 4.79 Å². The molecule has 3 rings (SSSR count). The zero-order valence-corrected chi connectivity index (χ0v) is 11.3. The van der Waals surface area contributed by atoms with Crippen molar-refractivity contribution in [2.24, 2.45) is 5.92 Å². The first-order valence-corrected chi connectivity index (χ1v) is 7.36. The highest BCUT2D eigenvalue weighted by molar-refractivity contribution is 5.80. The first kappa shape index (κ1) is 12.5. The Morgan fingerprint density at radius 2 is 1.95 bits per heavy atom. The van der Waals surface area contributed by atoms with E-state index >= 15 is 0 Å². The Bertz CT molecular complexity index is 465. The van der Waals surface area contributed by atoms with E-state index in [1.807, 2.05) is 6.07 Å². The fourth-order valence-electron chi connectivity index (χ4n) is 3.30. The molecule has 2 unspecified atom stereocenters. The summed E-state index contributed by atoms with van der Waals surface area (Å²) in [6.45, 7) is 0.929. The monoisotopic (exact) mass is 255 g/mol. The first-order chi connectivity index (χ1) is 9.36. The number of benzene rings is 1. The molecule has 0 radical (unpaired) electrons. The van der Waals surface area contributed by atoms with Gasteiger partial charge in [0.05, 0.1) is 6.04 Å². The Labute approximate surface area is 115 Å². The van der Waals surface area contributed by atoms with Crippen molar-refractivity contribution in [3.8, 4) is 0 Å². The van der Waals surface area contributed by atoms with Gasteiger partial charge >= 0.3 is 0 Å². The summed E-state index contributed by atoms with van der Waals surface area (Å²) in [7, 11) is 0. The number of carbonyl (C=O) groups excluding carboxylic acids is 1. The zero-order valence-electron chi connectivity index (χ0n) is 11.3. The maximum absolute atomic E-state index is 12.7. The highest BCUT2D eigenvalue weighted by Gasteiger charge is 2.33. The largest absolute Gasteiger partial charge is 0.335 e. The lowest BCUT2D eigenvalue weighted by Crippen LogP contribution is -2.36. The number of allylic oxidation sites excluding steroid dienone is 2. The first-order valence-electron chi connectivity index (χ1n) is 7.36. The lowest BCUT2D eigenvalue weighted by atomic mass is 9.92. The minimum atomic E-state index is 0.217. The van der Waals surface area contributed by atoms with Crippen LogP contribution in [0.4, 0.5) is 0 Å². The summed E-state index contributed by atoms with van der Waals surface area (Å²) < 4.78 is 0. The highest BCUT2D eigenvalue weighted by Crippen LogP contribution is 2.34. The SMILES string of the molecule is O=C(C1CC=CCC1)N1CCCC1c1ccccc1. The number of hydrogen-bond acceptors (Lipinski definition) is 1. The van der Waals surface area contributed by atoms with Gasteiger partial charge in [-0.05, 0) is 37.7 Å². The van der Waals surface area contributed by atoms with Gasteiger partial charge in [-0.3, -0.25) is 4.79 Å². The number of amides is 1. The van der Waals surface area contributed by atoms with E-state index in [2.05, 4.69) is 41.3 Å². The summed E-state index contributed by atoms with van der Waals surface area (Å²) >= 11 is 0. The topological polar surface area (TPSA) is 20.3 Å².